The van der Waals surface area contributed by atoms with Crippen LogP contribution in [-0.4, -0.2) is 44.3 Å². The van der Waals surface area contributed by atoms with Gasteiger partial charge in [-0.1, -0.05) is 0 Å². The van der Waals surface area contributed by atoms with Crippen LogP contribution in [-0.2, 0) is 4.74 Å². The number of nitro groups is 1. The first-order chi connectivity index (χ1) is 11.5. The van der Waals surface area contributed by atoms with E-state index in [4.69, 9.17) is 16.3 Å². The fourth-order valence-electron chi connectivity index (χ4n) is 2.43. The lowest BCUT2D eigenvalue weighted by Crippen LogP contribution is -2.28. The molecule has 0 bridgehead atoms. The van der Waals surface area contributed by atoms with E-state index in [-0.39, 0.29) is 28.6 Å². The number of hydrogen-bond donors (Lipinski definition) is 3. The van der Waals surface area contributed by atoms with E-state index in [1.54, 1.807) is 6.07 Å². The number of ether oxygens (including phenoxy) is 1. The Kier molecular flexibility index (Phi) is 4.76. The third-order valence-electron chi connectivity index (χ3n) is 3.55. The lowest BCUT2D eigenvalue weighted by atomic mass is 10.1. The van der Waals surface area contributed by atoms with Gasteiger partial charge in [0.2, 0.25) is 16.9 Å². The van der Waals surface area contributed by atoms with Crippen molar-refractivity contribution in [1.29, 1.82) is 0 Å². The molecule has 0 spiro atoms. The molecule has 1 aliphatic heterocycles. The maximum absolute atomic E-state index is 11.5. The first kappa shape index (κ1) is 16.4. The lowest BCUT2D eigenvalue weighted by molar-refractivity contribution is -0.383. The largest absolute Gasteiger partial charge is 0.381 e. The smallest absolute Gasteiger partial charge is 0.353 e. The van der Waals surface area contributed by atoms with E-state index in [0.717, 1.165) is 18.5 Å². The zero-order valence-corrected chi connectivity index (χ0v) is 13.6. The zero-order valence-electron chi connectivity index (χ0n) is 12.9. The lowest BCUT2D eigenvalue weighted by Gasteiger charge is -2.23. The summed E-state index contributed by atoms with van der Waals surface area (Å²) in [5, 5.41) is 24.1. The van der Waals surface area contributed by atoms with Gasteiger partial charge in [0.25, 0.3) is 0 Å². The molecule has 1 fully saturated rings. The summed E-state index contributed by atoms with van der Waals surface area (Å²) in [6, 6.07) is 1.73. The second-order valence-electron chi connectivity index (χ2n) is 5.39. The Hall–Kier alpha value is -2.46. The molecule has 3 heterocycles. The molecule has 24 heavy (non-hydrogen) atoms. The molecule has 11 heteroatoms. The molecule has 1 saturated heterocycles. The van der Waals surface area contributed by atoms with Gasteiger partial charge in [-0.3, -0.25) is 15.2 Å². The van der Waals surface area contributed by atoms with Crippen LogP contribution < -0.4 is 10.6 Å². The fraction of sp³-hybridized carbons (Fsp3) is 0.462. The molecule has 0 saturated carbocycles. The molecule has 0 aliphatic carbocycles. The van der Waals surface area contributed by atoms with Crippen molar-refractivity contribution in [3.63, 3.8) is 0 Å². The Balaban J connectivity index is 1.93. The van der Waals surface area contributed by atoms with E-state index in [9.17, 15) is 10.1 Å². The molecule has 10 nitrogen and oxygen atoms in total. The number of hydrogen-bond acceptors (Lipinski definition) is 8. The highest BCUT2D eigenvalue weighted by Gasteiger charge is 2.27. The second kappa shape index (κ2) is 6.97. The standard InChI is InChI=1S/C13H16ClN7O3/c1-7-6-9(20-19-7)16-12-10(21(22)23)11(17-13(14)18-12)15-8-2-4-24-5-3-8/h6,8H,2-5H2,1H3,(H3,15,16,17,18,19,20). The minimum absolute atomic E-state index is 0.0129. The van der Waals surface area contributed by atoms with Gasteiger partial charge in [-0.05, 0) is 31.4 Å². The van der Waals surface area contributed by atoms with Crippen molar-refractivity contribution >= 4 is 34.7 Å². The van der Waals surface area contributed by atoms with E-state index in [2.05, 4.69) is 30.8 Å². The van der Waals surface area contributed by atoms with Gasteiger partial charge >= 0.3 is 5.69 Å². The van der Waals surface area contributed by atoms with Crippen LogP contribution >= 0.6 is 11.6 Å². The van der Waals surface area contributed by atoms with Crippen molar-refractivity contribution < 1.29 is 9.66 Å². The molecular weight excluding hydrogens is 338 g/mol. The quantitative estimate of drug-likeness (QED) is 0.424. The van der Waals surface area contributed by atoms with Gasteiger partial charge in [0.1, 0.15) is 0 Å². The highest BCUT2D eigenvalue weighted by Crippen LogP contribution is 2.33. The molecule has 3 rings (SSSR count). The number of rotatable bonds is 5. The number of H-pyrrole nitrogens is 1. The van der Waals surface area contributed by atoms with Crippen molar-refractivity contribution in [2.24, 2.45) is 0 Å². The van der Waals surface area contributed by atoms with Crippen LogP contribution in [0.2, 0.25) is 5.28 Å². The average Bonchev–Trinajstić information content (AvgIpc) is 2.92. The van der Waals surface area contributed by atoms with Crippen LogP contribution in [0.5, 0.6) is 0 Å². The number of halogens is 1. The summed E-state index contributed by atoms with van der Waals surface area (Å²) >= 11 is 5.94. The number of aryl methyl sites for hydroxylation is 1. The van der Waals surface area contributed by atoms with E-state index in [1.807, 2.05) is 6.92 Å². The summed E-state index contributed by atoms with van der Waals surface area (Å²) in [4.78, 5) is 18.9. The predicted molar refractivity (Wildman–Crippen MR) is 87.8 cm³/mol. The van der Waals surface area contributed by atoms with E-state index in [1.165, 1.54) is 0 Å². The van der Waals surface area contributed by atoms with Crippen LogP contribution in [0.25, 0.3) is 0 Å². The highest BCUT2D eigenvalue weighted by atomic mass is 35.5. The third kappa shape index (κ3) is 3.71. The van der Waals surface area contributed by atoms with Crippen molar-refractivity contribution in [2.45, 2.75) is 25.8 Å². The van der Waals surface area contributed by atoms with Crippen LogP contribution in [0, 0.1) is 17.0 Å². The topological polar surface area (TPSA) is 131 Å². The van der Waals surface area contributed by atoms with E-state index in [0.29, 0.717) is 19.0 Å². The molecular formula is C13H16ClN7O3. The molecule has 2 aromatic rings. The molecule has 0 amide bonds. The molecule has 0 unspecified atom stereocenters. The first-order valence-corrected chi connectivity index (χ1v) is 7.76. The van der Waals surface area contributed by atoms with Gasteiger partial charge in [-0.15, -0.1) is 0 Å². The summed E-state index contributed by atoms with van der Waals surface area (Å²) in [5.74, 6) is 0.477. The van der Waals surface area contributed by atoms with Crippen LogP contribution in [0.3, 0.4) is 0 Å². The molecule has 3 N–H and O–H groups in total. The molecule has 0 aromatic carbocycles. The number of nitrogens with zero attached hydrogens (tertiary/aromatic N) is 4. The summed E-state index contributed by atoms with van der Waals surface area (Å²) < 4.78 is 5.29. The van der Waals surface area contributed by atoms with Crippen molar-refractivity contribution in [3.05, 3.63) is 27.2 Å². The summed E-state index contributed by atoms with van der Waals surface area (Å²) in [7, 11) is 0. The van der Waals surface area contributed by atoms with E-state index < -0.39 is 4.92 Å². The minimum Gasteiger partial charge on any atom is -0.381 e. The minimum atomic E-state index is -0.542. The summed E-state index contributed by atoms with van der Waals surface area (Å²) in [6.45, 7) is 3.02. The Morgan fingerprint density at radius 1 is 1.38 bits per heavy atom. The van der Waals surface area contributed by atoms with Gasteiger partial charge in [-0.2, -0.15) is 15.1 Å². The van der Waals surface area contributed by atoms with E-state index >= 15 is 0 Å². The second-order valence-corrected chi connectivity index (χ2v) is 5.73. The van der Waals surface area contributed by atoms with Gasteiger partial charge in [0.05, 0.1) is 4.92 Å². The van der Waals surface area contributed by atoms with Gasteiger partial charge in [0.15, 0.2) is 5.82 Å². The first-order valence-electron chi connectivity index (χ1n) is 7.38. The monoisotopic (exact) mass is 353 g/mol. The molecule has 1 aliphatic rings. The summed E-state index contributed by atoms with van der Waals surface area (Å²) in [5.41, 5.74) is 0.535. The Bertz CT molecular complexity index is 745. The van der Waals surface area contributed by atoms with Crippen molar-refractivity contribution in [2.75, 3.05) is 23.8 Å². The maximum atomic E-state index is 11.5. The summed E-state index contributed by atoms with van der Waals surface area (Å²) in [6.07, 6.45) is 1.47. The van der Waals surface area contributed by atoms with Crippen LogP contribution in [0.4, 0.5) is 23.1 Å². The van der Waals surface area contributed by atoms with Crippen molar-refractivity contribution in [3.8, 4) is 0 Å². The molecule has 128 valence electrons. The Morgan fingerprint density at radius 2 is 2.08 bits per heavy atom. The highest BCUT2D eigenvalue weighted by molar-refractivity contribution is 6.28. The number of aromatic nitrogens is 4. The molecule has 0 atom stereocenters. The third-order valence-corrected chi connectivity index (χ3v) is 3.72. The molecule has 0 radical (unpaired) electrons. The predicted octanol–water partition coefficient (Wildman–Crippen LogP) is 2.40. The normalized spacial score (nSPS) is 15.2. The Labute approximate surface area is 142 Å². The SMILES string of the molecule is Cc1cc(Nc2nc(Cl)nc(NC3CCOCC3)c2[N+](=O)[O-])n[nH]1. The van der Waals surface area contributed by atoms with Crippen LogP contribution in [0.1, 0.15) is 18.5 Å². The van der Waals surface area contributed by atoms with Gasteiger partial charge in [-0.25, -0.2) is 0 Å². The molecule has 2 aromatic heterocycles. The van der Waals surface area contributed by atoms with Gasteiger partial charge < -0.3 is 15.4 Å². The fourth-order valence-corrected chi connectivity index (χ4v) is 2.60. The number of aromatic amines is 1. The maximum Gasteiger partial charge on any atom is 0.353 e. The number of nitrogens with one attached hydrogen (secondary N) is 3. The average molecular weight is 354 g/mol. The Morgan fingerprint density at radius 3 is 2.71 bits per heavy atom. The van der Waals surface area contributed by atoms with Gasteiger partial charge in [0, 0.05) is 31.0 Å². The van der Waals surface area contributed by atoms with Crippen LogP contribution in [0.15, 0.2) is 6.07 Å². The zero-order chi connectivity index (χ0) is 17.1. The number of anilines is 3. The van der Waals surface area contributed by atoms with Crippen molar-refractivity contribution in [1.82, 2.24) is 20.2 Å².